The smallest absolute Gasteiger partial charge is 0.123 e. The Morgan fingerprint density at radius 1 is 1.10 bits per heavy atom. The number of aromatic hydroxyl groups is 2. The molecule has 3 heteroatoms. The van der Waals surface area contributed by atoms with Crippen molar-refractivity contribution in [3.8, 4) is 17.6 Å². The van der Waals surface area contributed by atoms with E-state index >= 15 is 0 Å². The van der Waals surface area contributed by atoms with Crippen LogP contribution in [-0.2, 0) is 0 Å². The lowest BCUT2D eigenvalue weighted by atomic mass is 9.96. The zero-order valence-corrected chi connectivity index (χ0v) is 12.0. The summed E-state index contributed by atoms with van der Waals surface area (Å²) in [5.74, 6) is 0.0195. The quantitative estimate of drug-likeness (QED) is 0.651. The summed E-state index contributed by atoms with van der Waals surface area (Å²) in [6.07, 6.45) is 1.73. The van der Waals surface area contributed by atoms with E-state index in [2.05, 4.69) is 6.07 Å². The molecule has 0 amide bonds. The van der Waals surface area contributed by atoms with Gasteiger partial charge >= 0.3 is 0 Å². The van der Waals surface area contributed by atoms with Gasteiger partial charge in [0.15, 0.2) is 0 Å². The van der Waals surface area contributed by atoms with Gasteiger partial charge in [-0.05, 0) is 35.3 Å². The zero-order chi connectivity index (χ0) is 15.4. The number of nitrogens with zero attached hydrogens (tertiary/aromatic N) is 1. The van der Waals surface area contributed by atoms with Crippen LogP contribution in [0.1, 0.15) is 36.5 Å². The number of nitriles is 1. The van der Waals surface area contributed by atoms with Crippen LogP contribution in [0.2, 0.25) is 0 Å². The van der Waals surface area contributed by atoms with E-state index in [9.17, 15) is 15.5 Å². The maximum atomic E-state index is 10.1. The van der Waals surface area contributed by atoms with Gasteiger partial charge in [-0.3, -0.25) is 0 Å². The van der Waals surface area contributed by atoms with E-state index in [1.807, 2.05) is 44.2 Å². The SMILES string of the molecule is CC(C)c1c(O)cc(C(C#N)=Cc2ccccc2)cc1O. The number of hydrogen-bond donors (Lipinski definition) is 2. The topological polar surface area (TPSA) is 64.2 Å². The Hall–Kier alpha value is -2.73. The molecule has 0 fully saturated rings. The molecule has 3 nitrogen and oxygen atoms in total. The van der Waals surface area contributed by atoms with E-state index in [0.717, 1.165) is 5.56 Å². The largest absolute Gasteiger partial charge is 0.507 e. The maximum absolute atomic E-state index is 10.1. The minimum atomic E-state index is 0.00249. The molecule has 0 bridgehead atoms. The average molecular weight is 279 g/mol. The summed E-state index contributed by atoms with van der Waals surface area (Å²) in [5, 5.41) is 29.4. The zero-order valence-electron chi connectivity index (χ0n) is 12.0. The first-order valence-corrected chi connectivity index (χ1v) is 6.76. The van der Waals surface area contributed by atoms with Gasteiger partial charge in [-0.25, -0.2) is 0 Å². The molecule has 0 aliphatic carbocycles. The average Bonchev–Trinajstić information content (AvgIpc) is 2.44. The van der Waals surface area contributed by atoms with Crippen molar-refractivity contribution in [2.45, 2.75) is 19.8 Å². The Kier molecular flexibility index (Phi) is 4.30. The summed E-state index contributed by atoms with van der Waals surface area (Å²) in [7, 11) is 0. The van der Waals surface area contributed by atoms with Crippen molar-refractivity contribution >= 4 is 11.6 Å². The molecule has 2 aromatic rings. The van der Waals surface area contributed by atoms with E-state index in [0.29, 0.717) is 16.7 Å². The second-order valence-corrected chi connectivity index (χ2v) is 5.16. The van der Waals surface area contributed by atoms with Crippen LogP contribution in [0.25, 0.3) is 11.6 Å². The van der Waals surface area contributed by atoms with E-state index in [1.54, 1.807) is 6.08 Å². The first kappa shape index (κ1) is 14.7. The van der Waals surface area contributed by atoms with Crippen LogP contribution in [0.5, 0.6) is 11.5 Å². The molecule has 0 saturated carbocycles. The Morgan fingerprint density at radius 3 is 2.14 bits per heavy atom. The summed E-state index contributed by atoms with van der Waals surface area (Å²) in [6, 6.07) is 14.6. The number of benzene rings is 2. The van der Waals surface area contributed by atoms with Crippen molar-refractivity contribution in [3.05, 3.63) is 59.2 Å². The fraction of sp³-hybridized carbons (Fsp3) is 0.167. The van der Waals surface area contributed by atoms with Crippen molar-refractivity contribution in [3.63, 3.8) is 0 Å². The first-order chi connectivity index (χ1) is 10.0. The van der Waals surface area contributed by atoms with E-state index in [1.165, 1.54) is 12.1 Å². The molecule has 2 aromatic carbocycles. The summed E-state index contributed by atoms with van der Waals surface area (Å²) in [5.41, 5.74) is 2.28. The summed E-state index contributed by atoms with van der Waals surface area (Å²) in [4.78, 5) is 0. The van der Waals surface area contributed by atoms with Gasteiger partial charge in [-0.1, -0.05) is 44.2 Å². The van der Waals surface area contributed by atoms with Gasteiger partial charge in [-0.2, -0.15) is 5.26 Å². The second kappa shape index (κ2) is 6.15. The molecule has 2 N–H and O–H groups in total. The van der Waals surface area contributed by atoms with E-state index in [-0.39, 0.29) is 17.4 Å². The molecule has 0 aromatic heterocycles. The van der Waals surface area contributed by atoms with Crippen LogP contribution in [0, 0.1) is 11.3 Å². The van der Waals surface area contributed by atoms with Crippen molar-refractivity contribution in [2.75, 3.05) is 0 Å². The van der Waals surface area contributed by atoms with Crippen molar-refractivity contribution in [2.24, 2.45) is 0 Å². The molecule has 0 spiro atoms. The van der Waals surface area contributed by atoms with Crippen molar-refractivity contribution in [1.29, 1.82) is 5.26 Å². The number of hydrogen-bond acceptors (Lipinski definition) is 3. The molecular formula is C18H17NO2. The van der Waals surface area contributed by atoms with Gasteiger partial charge in [0.1, 0.15) is 11.5 Å². The molecule has 0 unspecified atom stereocenters. The van der Waals surface area contributed by atoms with E-state index in [4.69, 9.17) is 0 Å². The lowest BCUT2D eigenvalue weighted by Crippen LogP contribution is -1.92. The Bertz CT molecular complexity index is 687. The molecule has 0 radical (unpaired) electrons. The Morgan fingerprint density at radius 2 is 1.67 bits per heavy atom. The van der Waals surface area contributed by atoms with Gasteiger partial charge < -0.3 is 10.2 Å². The van der Waals surface area contributed by atoms with Gasteiger partial charge in [0, 0.05) is 5.56 Å². The third-order valence-corrected chi connectivity index (χ3v) is 3.26. The lowest BCUT2D eigenvalue weighted by molar-refractivity contribution is 0.433. The highest BCUT2D eigenvalue weighted by atomic mass is 16.3. The van der Waals surface area contributed by atoms with Crippen LogP contribution in [0.3, 0.4) is 0 Å². The highest BCUT2D eigenvalue weighted by Gasteiger charge is 2.14. The van der Waals surface area contributed by atoms with Gasteiger partial charge in [0.25, 0.3) is 0 Å². The fourth-order valence-electron chi connectivity index (χ4n) is 2.27. The number of rotatable bonds is 3. The number of phenols is 2. The highest BCUT2D eigenvalue weighted by molar-refractivity contribution is 5.90. The molecular weight excluding hydrogens is 262 g/mol. The van der Waals surface area contributed by atoms with Crippen molar-refractivity contribution in [1.82, 2.24) is 0 Å². The van der Waals surface area contributed by atoms with Crippen LogP contribution in [0.15, 0.2) is 42.5 Å². The molecule has 2 rings (SSSR count). The molecule has 0 saturated heterocycles. The van der Waals surface area contributed by atoms with Gasteiger partial charge in [0.2, 0.25) is 0 Å². The summed E-state index contributed by atoms with van der Waals surface area (Å²) >= 11 is 0. The normalized spacial score (nSPS) is 11.4. The molecule has 0 heterocycles. The molecule has 21 heavy (non-hydrogen) atoms. The fourth-order valence-corrected chi connectivity index (χ4v) is 2.27. The third-order valence-electron chi connectivity index (χ3n) is 3.26. The second-order valence-electron chi connectivity index (χ2n) is 5.16. The van der Waals surface area contributed by atoms with Crippen molar-refractivity contribution < 1.29 is 10.2 Å². The molecule has 106 valence electrons. The first-order valence-electron chi connectivity index (χ1n) is 6.76. The Labute approximate surface area is 124 Å². The highest BCUT2D eigenvalue weighted by Crippen LogP contribution is 2.36. The molecule has 0 atom stereocenters. The minimum Gasteiger partial charge on any atom is -0.507 e. The predicted molar refractivity (Wildman–Crippen MR) is 83.8 cm³/mol. The Balaban J connectivity index is 2.50. The predicted octanol–water partition coefficient (Wildman–Crippen LogP) is 4.29. The molecule has 0 aliphatic rings. The monoisotopic (exact) mass is 279 g/mol. The van der Waals surface area contributed by atoms with Crippen LogP contribution in [-0.4, -0.2) is 10.2 Å². The van der Waals surface area contributed by atoms with Crippen LogP contribution >= 0.6 is 0 Å². The van der Waals surface area contributed by atoms with Gasteiger partial charge in [-0.15, -0.1) is 0 Å². The summed E-state index contributed by atoms with van der Waals surface area (Å²) in [6.45, 7) is 3.78. The van der Waals surface area contributed by atoms with Crippen LogP contribution in [0.4, 0.5) is 0 Å². The third kappa shape index (κ3) is 3.24. The minimum absolute atomic E-state index is 0.00249. The maximum Gasteiger partial charge on any atom is 0.123 e. The molecule has 0 aliphatic heterocycles. The number of allylic oxidation sites excluding steroid dienone is 1. The summed E-state index contributed by atoms with van der Waals surface area (Å²) < 4.78 is 0. The lowest BCUT2D eigenvalue weighted by Gasteiger charge is -2.12. The standard InChI is InChI=1S/C18H17NO2/c1-12(2)18-16(20)9-14(10-17(18)21)15(11-19)8-13-6-4-3-5-7-13/h3-10,12,20-21H,1-2H3. The van der Waals surface area contributed by atoms with Crippen LogP contribution < -0.4 is 0 Å². The van der Waals surface area contributed by atoms with E-state index < -0.39 is 0 Å². The van der Waals surface area contributed by atoms with Gasteiger partial charge in [0.05, 0.1) is 11.6 Å². The number of phenolic OH excluding ortho intramolecular Hbond substituents is 2.